The number of unbranched alkanes of at least 4 members (excludes halogenated alkanes) is 2. The Hall–Kier alpha value is -3.25. The van der Waals surface area contributed by atoms with Crippen molar-refractivity contribution in [2.24, 2.45) is 0 Å². The van der Waals surface area contributed by atoms with Crippen molar-refractivity contribution in [3.8, 4) is 17.6 Å². The molecule has 1 N–H and O–H groups in total. The first-order chi connectivity index (χ1) is 13.2. The maximum absolute atomic E-state index is 11.1. The van der Waals surface area contributed by atoms with Crippen molar-refractivity contribution in [2.75, 3.05) is 6.61 Å². The monoisotopic (exact) mass is 358 g/mol. The van der Waals surface area contributed by atoms with Crippen LogP contribution in [-0.4, -0.2) is 17.7 Å². The fraction of sp³-hybridized carbons (Fsp3) is 0.208. The summed E-state index contributed by atoms with van der Waals surface area (Å²) in [5, 5.41) is 10.9. The second kappa shape index (κ2) is 8.91. The molecule has 0 heterocycles. The lowest BCUT2D eigenvalue weighted by Gasteiger charge is -2.05. The number of carboxylic acids is 1. The maximum atomic E-state index is 11.1. The third kappa shape index (κ3) is 5.12. The summed E-state index contributed by atoms with van der Waals surface area (Å²) in [6.45, 7) is 2.93. The molecule has 0 atom stereocenters. The van der Waals surface area contributed by atoms with Crippen molar-refractivity contribution in [1.82, 2.24) is 0 Å². The highest BCUT2D eigenvalue weighted by Gasteiger charge is 2.03. The molecule has 3 heteroatoms. The maximum Gasteiger partial charge on any atom is 0.335 e. The standard InChI is InChI=1S/C24H22O3/c1-2-3-4-15-27-23-13-8-18(9-14-23)5-6-19-7-10-21-17-22(24(25)26)12-11-20(21)16-19/h7-14,16-17H,2-4,15H2,1H3,(H,25,26). The van der Waals surface area contributed by atoms with E-state index in [-0.39, 0.29) is 0 Å². The molecule has 0 bridgehead atoms. The van der Waals surface area contributed by atoms with E-state index in [1.54, 1.807) is 12.1 Å². The minimum Gasteiger partial charge on any atom is -0.494 e. The van der Waals surface area contributed by atoms with Crippen LogP contribution in [0.15, 0.2) is 60.7 Å². The van der Waals surface area contributed by atoms with Crippen LogP contribution in [0.1, 0.15) is 47.7 Å². The van der Waals surface area contributed by atoms with Gasteiger partial charge in [-0.25, -0.2) is 4.79 Å². The van der Waals surface area contributed by atoms with Crippen LogP contribution in [0.5, 0.6) is 5.75 Å². The Morgan fingerprint density at radius 3 is 2.30 bits per heavy atom. The first-order valence-corrected chi connectivity index (χ1v) is 9.18. The van der Waals surface area contributed by atoms with Crippen molar-refractivity contribution in [1.29, 1.82) is 0 Å². The molecule has 3 aromatic carbocycles. The average molecular weight is 358 g/mol. The van der Waals surface area contributed by atoms with Crippen LogP contribution >= 0.6 is 0 Å². The fourth-order valence-electron chi connectivity index (χ4n) is 2.78. The molecular weight excluding hydrogens is 336 g/mol. The van der Waals surface area contributed by atoms with Crippen molar-refractivity contribution >= 4 is 16.7 Å². The number of carboxylic acid groups (broad SMARTS) is 1. The summed E-state index contributed by atoms with van der Waals surface area (Å²) in [7, 11) is 0. The number of carbonyl (C=O) groups is 1. The average Bonchev–Trinajstić information content (AvgIpc) is 2.70. The smallest absolute Gasteiger partial charge is 0.335 e. The van der Waals surface area contributed by atoms with Gasteiger partial charge < -0.3 is 9.84 Å². The van der Waals surface area contributed by atoms with Gasteiger partial charge in [-0.2, -0.15) is 0 Å². The molecule has 0 aromatic heterocycles. The van der Waals surface area contributed by atoms with Gasteiger partial charge >= 0.3 is 5.97 Å². The van der Waals surface area contributed by atoms with E-state index >= 15 is 0 Å². The molecule has 136 valence electrons. The molecule has 0 saturated heterocycles. The van der Waals surface area contributed by atoms with Crippen LogP contribution in [0.2, 0.25) is 0 Å². The van der Waals surface area contributed by atoms with Gasteiger partial charge in [0.05, 0.1) is 12.2 Å². The summed E-state index contributed by atoms with van der Waals surface area (Å²) in [5.74, 6) is 6.28. The minimum atomic E-state index is -0.918. The summed E-state index contributed by atoms with van der Waals surface area (Å²) >= 11 is 0. The fourth-order valence-corrected chi connectivity index (χ4v) is 2.78. The quantitative estimate of drug-likeness (QED) is 0.467. The van der Waals surface area contributed by atoms with Gasteiger partial charge in [-0.1, -0.05) is 43.7 Å². The molecule has 3 nitrogen and oxygen atoms in total. The van der Waals surface area contributed by atoms with Gasteiger partial charge in [-0.3, -0.25) is 0 Å². The topological polar surface area (TPSA) is 46.5 Å². The van der Waals surface area contributed by atoms with Gasteiger partial charge in [0.15, 0.2) is 0 Å². The second-order valence-corrected chi connectivity index (χ2v) is 6.41. The predicted octanol–water partition coefficient (Wildman–Crippen LogP) is 5.51. The van der Waals surface area contributed by atoms with E-state index in [0.717, 1.165) is 40.7 Å². The van der Waals surface area contributed by atoms with E-state index in [9.17, 15) is 4.79 Å². The summed E-state index contributed by atoms with van der Waals surface area (Å²) in [6, 6.07) is 18.7. The van der Waals surface area contributed by atoms with Gasteiger partial charge in [0.2, 0.25) is 0 Å². The first kappa shape index (κ1) is 18.5. The minimum absolute atomic E-state index is 0.290. The number of benzene rings is 3. The van der Waals surface area contributed by atoms with Gasteiger partial charge in [0, 0.05) is 11.1 Å². The summed E-state index contributed by atoms with van der Waals surface area (Å²) < 4.78 is 5.71. The first-order valence-electron chi connectivity index (χ1n) is 9.18. The van der Waals surface area contributed by atoms with E-state index in [1.165, 1.54) is 12.8 Å². The van der Waals surface area contributed by atoms with Crippen molar-refractivity contribution in [2.45, 2.75) is 26.2 Å². The number of hydrogen-bond acceptors (Lipinski definition) is 2. The van der Waals surface area contributed by atoms with E-state index < -0.39 is 5.97 Å². The van der Waals surface area contributed by atoms with Crippen LogP contribution < -0.4 is 4.74 Å². The van der Waals surface area contributed by atoms with Crippen LogP contribution in [0.4, 0.5) is 0 Å². The SMILES string of the molecule is CCCCCOc1ccc(C#Cc2ccc3cc(C(=O)O)ccc3c2)cc1. The van der Waals surface area contributed by atoms with Crippen molar-refractivity contribution in [3.63, 3.8) is 0 Å². The van der Waals surface area contributed by atoms with Crippen LogP contribution in [0.3, 0.4) is 0 Å². The van der Waals surface area contributed by atoms with Crippen molar-refractivity contribution < 1.29 is 14.6 Å². The third-order valence-electron chi connectivity index (χ3n) is 4.31. The number of fused-ring (bicyclic) bond motifs is 1. The Kier molecular flexibility index (Phi) is 6.12. The van der Waals surface area contributed by atoms with Crippen LogP contribution in [0.25, 0.3) is 10.8 Å². The second-order valence-electron chi connectivity index (χ2n) is 6.41. The zero-order valence-corrected chi connectivity index (χ0v) is 15.4. The molecule has 3 aromatic rings. The lowest BCUT2D eigenvalue weighted by Crippen LogP contribution is -1.96. The molecule has 0 saturated carbocycles. The Labute approximate surface area is 159 Å². The number of ether oxygens (including phenoxy) is 1. The molecule has 27 heavy (non-hydrogen) atoms. The normalized spacial score (nSPS) is 10.3. The lowest BCUT2D eigenvalue weighted by molar-refractivity contribution is 0.0697. The van der Waals surface area contributed by atoms with Gasteiger partial charge in [0.1, 0.15) is 5.75 Å². The van der Waals surface area contributed by atoms with E-state index in [0.29, 0.717) is 5.56 Å². The van der Waals surface area contributed by atoms with E-state index in [2.05, 4.69) is 18.8 Å². The zero-order valence-electron chi connectivity index (χ0n) is 15.4. The molecular formula is C24H22O3. The Morgan fingerprint density at radius 2 is 1.56 bits per heavy atom. The number of aromatic carboxylic acids is 1. The molecule has 0 amide bonds. The molecule has 3 rings (SSSR count). The molecule has 0 radical (unpaired) electrons. The number of hydrogen-bond donors (Lipinski definition) is 1. The van der Waals surface area contributed by atoms with Crippen LogP contribution in [-0.2, 0) is 0 Å². The Bertz CT molecular complexity index is 992. The highest BCUT2D eigenvalue weighted by Crippen LogP contribution is 2.18. The largest absolute Gasteiger partial charge is 0.494 e. The Balaban J connectivity index is 1.69. The van der Waals surface area contributed by atoms with Gasteiger partial charge in [0.25, 0.3) is 0 Å². The molecule has 0 spiro atoms. The predicted molar refractivity (Wildman–Crippen MR) is 108 cm³/mol. The lowest BCUT2D eigenvalue weighted by atomic mass is 10.0. The Morgan fingerprint density at radius 1 is 0.889 bits per heavy atom. The number of rotatable bonds is 6. The molecule has 0 aliphatic rings. The molecule has 0 fully saturated rings. The third-order valence-corrected chi connectivity index (χ3v) is 4.31. The zero-order chi connectivity index (χ0) is 19.1. The summed E-state index contributed by atoms with van der Waals surface area (Å²) in [4.78, 5) is 11.1. The highest BCUT2D eigenvalue weighted by molar-refractivity contribution is 5.94. The molecule has 0 aliphatic carbocycles. The molecule has 0 unspecified atom stereocenters. The van der Waals surface area contributed by atoms with Gasteiger partial charge in [-0.05, 0) is 65.7 Å². The van der Waals surface area contributed by atoms with Gasteiger partial charge in [-0.15, -0.1) is 0 Å². The van der Waals surface area contributed by atoms with Crippen molar-refractivity contribution in [3.05, 3.63) is 77.4 Å². The van der Waals surface area contributed by atoms with Crippen LogP contribution in [0, 0.1) is 11.8 Å². The summed E-state index contributed by atoms with van der Waals surface area (Å²) in [5.41, 5.74) is 2.11. The molecule has 0 aliphatic heterocycles. The highest BCUT2D eigenvalue weighted by atomic mass is 16.5. The van der Waals surface area contributed by atoms with E-state index in [1.807, 2.05) is 48.5 Å². The summed E-state index contributed by atoms with van der Waals surface area (Å²) in [6.07, 6.45) is 3.45. The van der Waals surface area contributed by atoms with E-state index in [4.69, 9.17) is 9.84 Å².